The first kappa shape index (κ1) is 19.1. The second-order valence-electron chi connectivity index (χ2n) is 6.39. The van der Waals surface area contributed by atoms with Crippen molar-refractivity contribution in [3.63, 3.8) is 0 Å². The molecule has 4 aromatic rings. The van der Waals surface area contributed by atoms with Gasteiger partial charge in [0.05, 0.1) is 17.9 Å². The van der Waals surface area contributed by atoms with Crippen LogP contribution in [-0.2, 0) is 0 Å². The van der Waals surface area contributed by atoms with Crippen molar-refractivity contribution in [3.05, 3.63) is 112 Å². The molecule has 3 aromatic carbocycles. The minimum atomic E-state index is -0.149. The van der Waals surface area contributed by atoms with Gasteiger partial charge in [-0.15, -0.1) is 0 Å². The molecule has 0 aliphatic carbocycles. The molecule has 0 saturated heterocycles. The molecule has 4 rings (SSSR count). The van der Waals surface area contributed by atoms with Gasteiger partial charge in [0.2, 0.25) is 0 Å². The first-order valence-electron chi connectivity index (χ1n) is 8.84. The Hall–Kier alpha value is -3.26. The van der Waals surface area contributed by atoms with Gasteiger partial charge in [0, 0.05) is 22.4 Å². The number of nitriles is 1. The first-order valence-corrected chi connectivity index (χ1v) is 9.60. The highest BCUT2D eigenvalue weighted by molar-refractivity contribution is 6.30. The highest BCUT2D eigenvalue weighted by atomic mass is 35.5. The van der Waals surface area contributed by atoms with Gasteiger partial charge in [-0.3, -0.25) is 0 Å². The van der Waals surface area contributed by atoms with Crippen molar-refractivity contribution in [2.24, 2.45) is 0 Å². The Kier molecular flexibility index (Phi) is 5.53. The van der Waals surface area contributed by atoms with Crippen molar-refractivity contribution < 1.29 is 4.74 Å². The Morgan fingerprint density at radius 1 is 0.931 bits per heavy atom. The largest absolute Gasteiger partial charge is 0.456 e. The number of aromatic nitrogens is 2. The third-order valence-corrected chi connectivity index (χ3v) is 4.96. The van der Waals surface area contributed by atoms with Crippen molar-refractivity contribution in [1.82, 2.24) is 9.55 Å². The van der Waals surface area contributed by atoms with E-state index in [9.17, 15) is 5.26 Å². The van der Waals surface area contributed by atoms with Crippen LogP contribution in [0.5, 0.6) is 11.5 Å². The van der Waals surface area contributed by atoms with E-state index in [1.807, 2.05) is 47.2 Å². The molecule has 0 spiro atoms. The number of nitrogens with zero attached hydrogens (tertiary/aromatic N) is 3. The van der Waals surface area contributed by atoms with Crippen LogP contribution in [0.3, 0.4) is 0 Å². The molecule has 0 bridgehead atoms. The molecule has 0 saturated carbocycles. The van der Waals surface area contributed by atoms with Crippen LogP contribution in [0.15, 0.2) is 85.5 Å². The van der Waals surface area contributed by atoms with Gasteiger partial charge < -0.3 is 9.30 Å². The second kappa shape index (κ2) is 8.40. The van der Waals surface area contributed by atoms with Gasteiger partial charge in [-0.2, -0.15) is 5.26 Å². The molecule has 29 heavy (non-hydrogen) atoms. The lowest BCUT2D eigenvalue weighted by Crippen LogP contribution is -2.11. The summed E-state index contributed by atoms with van der Waals surface area (Å²) in [4.78, 5) is 4.18. The van der Waals surface area contributed by atoms with Gasteiger partial charge >= 0.3 is 0 Å². The SMILES string of the molecule is N#Cc1ccc(C(c2ccc(Cl)cc2)n2ccnc2)cc1Oc1cccc(Cl)c1. The van der Waals surface area contributed by atoms with E-state index < -0.39 is 0 Å². The Morgan fingerprint density at radius 3 is 2.41 bits per heavy atom. The summed E-state index contributed by atoms with van der Waals surface area (Å²) in [7, 11) is 0. The fraction of sp³-hybridized carbons (Fsp3) is 0.0435. The summed E-state index contributed by atoms with van der Waals surface area (Å²) in [6.07, 6.45) is 5.39. The number of halogens is 2. The predicted molar refractivity (Wildman–Crippen MR) is 114 cm³/mol. The van der Waals surface area contributed by atoms with Crippen LogP contribution in [0.1, 0.15) is 22.7 Å². The van der Waals surface area contributed by atoms with E-state index in [0.29, 0.717) is 27.1 Å². The average molecular weight is 420 g/mol. The first-order chi connectivity index (χ1) is 14.1. The fourth-order valence-electron chi connectivity index (χ4n) is 3.15. The Morgan fingerprint density at radius 2 is 1.72 bits per heavy atom. The van der Waals surface area contributed by atoms with E-state index >= 15 is 0 Å². The average Bonchev–Trinajstić information content (AvgIpc) is 3.24. The minimum absolute atomic E-state index is 0.149. The van der Waals surface area contributed by atoms with Crippen LogP contribution in [-0.4, -0.2) is 9.55 Å². The molecule has 1 unspecified atom stereocenters. The topological polar surface area (TPSA) is 50.8 Å². The fourth-order valence-corrected chi connectivity index (χ4v) is 3.45. The zero-order valence-electron chi connectivity index (χ0n) is 15.2. The van der Waals surface area contributed by atoms with Gasteiger partial charge in [0.25, 0.3) is 0 Å². The maximum absolute atomic E-state index is 9.53. The van der Waals surface area contributed by atoms with Crippen molar-refractivity contribution in [3.8, 4) is 17.6 Å². The summed E-state index contributed by atoms with van der Waals surface area (Å²) < 4.78 is 7.99. The Bertz CT molecular complexity index is 1170. The number of hydrogen-bond donors (Lipinski definition) is 0. The molecule has 0 fully saturated rings. The van der Waals surface area contributed by atoms with Crippen LogP contribution in [0.4, 0.5) is 0 Å². The van der Waals surface area contributed by atoms with E-state index in [4.69, 9.17) is 27.9 Å². The maximum Gasteiger partial charge on any atom is 0.145 e. The summed E-state index contributed by atoms with van der Waals surface area (Å²) in [6.45, 7) is 0. The van der Waals surface area contributed by atoms with Crippen molar-refractivity contribution in [2.75, 3.05) is 0 Å². The second-order valence-corrected chi connectivity index (χ2v) is 7.26. The Labute approximate surface area is 178 Å². The zero-order chi connectivity index (χ0) is 20.2. The molecule has 1 heterocycles. The molecule has 6 heteroatoms. The lowest BCUT2D eigenvalue weighted by Gasteiger charge is -2.21. The highest BCUT2D eigenvalue weighted by Gasteiger charge is 2.18. The molecule has 0 amide bonds. The third kappa shape index (κ3) is 4.27. The number of ether oxygens (including phenoxy) is 1. The summed E-state index contributed by atoms with van der Waals surface area (Å²) in [5, 5.41) is 10.8. The van der Waals surface area contributed by atoms with Gasteiger partial charge in [-0.1, -0.05) is 47.5 Å². The Balaban J connectivity index is 1.79. The number of imidazole rings is 1. The van der Waals surface area contributed by atoms with Gasteiger partial charge in [-0.05, 0) is 53.6 Å². The molecule has 0 aliphatic rings. The molecule has 1 aromatic heterocycles. The molecule has 0 radical (unpaired) electrons. The molecule has 1 atom stereocenters. The standard InChI is InChI=1S/C23H15Cl2N3O/c24-19-8-6-16(7-9-19)23(28-11-10-27-15-28)17-4-5-18(14-26)22(12-17)29-21-3-1-2-20(25)13-21/h1-13,15,23H. The van der Waals surface area contributed by atoms with Crippen molar-refractivity contribution >= 4 is 23.2 Å². The van der Waals surface area contributed by atoms with Crippen LogP contribution in [0, 0.1) is 11.3 Å². The van der Waals surface area contributed by atoms with Gasteiger partial charge in [-0.25, -0.2) is 4.98 Å². The smallest absolute Gasteiger partial charge is 0.145 e. The quantitative estimate of drug-likeness (QED) is 0.371. The van der Waals surface area contributed by atoms with Crippen LogP contribution in [0.25, 0.3) is 0 Å². The zero-order valence-corrected chi connectivity index (χ0v) is 16.7. The summed E-state index contributed by atoms with van der Waals surface area (Å²) in [5.41, 5.74) is 2.42. The van der Waals surface area contributed by atoms with E-state index in [1.165, 1.54) is 0 Å². The summed E-state index contributed by atoms with van der Waals surface area (Å²) in [5.74, 6) is 1.03. The van der Waals surface area contributed by atoms with Crippen LogP contribution in [0.2, 0.25) is 10.0 Å². The lowest BCUT2D eigenvalue weighted by atomic mass is 9.97. The molecule has 142 valence electrons. The normalized spacial score (nSPS) is 11.6. The lowest BCUT2D eigenvalue weighted by molar-refractivity contribution is 0.479. The molecule has 4 nitrogen and oxygen atoms in total. The van der Waals surface area contributed by atoms with E-state index in [1.54, 1.807) is 42.9 Å². The molecule has 0 N–H and O–H groups in total. The minimum Gasteiger partial charge on any atom is -0.456 e. The third-order valence-electron chi connectivity index (χ3n) is 4.47. The van der Waals surface area contributed by atoms with E-state index in [-0.39, 0.29) is 6.04 Å². The number of rotatable bonds is 5. The van der Waals surface area contributed by atoms with Crippen molar-refractivity contribution in [1.29, 1.82) is 5.26 Å². The molecular formula is C23H15Cl2N3O. The van der Waals surface area contributed by atoms with Crippen molar-refractivity contribution in [2.45, 2.75) is 6.04 Å². The summed E-state index contributed by atoms with van der Waals surface area (Å²) >= 11 is 12.1. The van der Waals surface area contributed by atoms with Crippen LogP contribution < -0.4 is 4.74 Å². The monoisotopic (exact) mass is 419 g/mol. The summed E-state index contributed by atoms with van der Waals surface area (Å²) in [6, 6.07) is 22.3. The number of hydrogen-bond acceptors (Lipinski definition) is 3. The number of benzene rings is 3. The van der Waals surface area contributed by atoms with Gasteiger partial charge in [0.1, 0.15) is 17.6 Å². The van der Waals surface area contributed by atoms with Crippen LogP contribution >= 0.6 is 23.2 Å². The highest BCUT2D eigenvalue weighted by Crippen LogP contribution is 2.33. The molecule has 0 aliphatic heterocycles. The van der Waals surface area contributed by atoms with E-state index in [0.717, 1.165) is 11.1 Å². The predicted octanol–water partition coefficient (Wildman–Crippen LogP) is 6.49. The van der Waals surface area contributed by atoms with Gasteiger partial charge in [0.15, 0.2) is 0 Å². The molecular weight excluding hydrogens is 405 g/mol. The van der Waals surface area contributed by atoms with E-state index in [2.05, 4.69) is 11.1 Å². The maximum atomic E-state index is 9.53.